The van der Waals surface area contributed by atoms with Crippen LogP contribution >= 0.6 is 0 Å². The first kappa shape index (κ1) is 10.0. The van der Waals surface area contributed by atoms with Crippen LogP contribution in [0.25, 0.3) is 10.9 Å². The monoisotopic (exact) mass is 215 g/mol. The van der Waals surface area contributed by atoms with Crippen LogP contribution in [0.1, 0.15) is 11.8 Å². The van der Waals surface area contributed by atoms with E-state index >= 15 is 0 Å². The van der Waals surface area contributed by atoms with Crippen LogP contribution in [0.5, 0.6) is 0 Å². The molecule has 0 saturated carbocycles. The summed E-state index contributed by atoms with van der Waals surface area (Å²) in [6, 6.07) is 8.07. The molecule has 80 valence electrons. The van der Waals surface area contributed by atoms with Crippen molar-refractivity contribution in [3.05, 3.63) is 36.0 Å². The first-order valence-corrected chi connectivity index (χ1v) is 4.31. The lowest BCUT2D eigenvalue weighted by molar-refractivity contribution is -0.207. The average molecular weight is 215 g/mol. The van der Waals surface area contributed by atoms with Crippen molar-refractivity contribution in [2.75, 3.05) is 0 Å². The number of rotatable bonds is 1. The fourth-order valence-electron chi connectivity index (χ4n) is 1.42. The molecule has 2 rings (SSSR count). The minimum atomic E-state index is -4.64. The second kappa shape index (κ2) is 3.27. The second-order valence-electron chi connectivity index (χ2n) is 3.26. The number of aliphatic hydroxyl groups is 1. The molecule has 2 aromatic rings. The maximum absolute atomic E-state index is 12.2. The number of benzene rings is 1. The van der Waals surface area contributed by atoms with Gasteiger partial charge in [0.25, 0.3) is 0 Å². The predicted octanol–water partition coefficient (Wildman–Crippen LogP) is 2.76. The smallest absolute Gasteiger partial charge is 0.378 e. The van der Waals surface area contributed by atoms with Crippen molar-refractivity contribution in [1.29, 1.82) is 0 Å². The summed E-state index contributed by atoms with van der Waals surface area (Å²) in [4.78, 5) is 2.53. The van der Waals surface area contributed by atoms with E-state index in [0.29, 0.717) is 10.9 Å². The summed E-state index contributed by atoms with van der Waals surface area (Å²) in [5.41, 5.74) is 0.347. The number of nitrogens with one attached hydrogen (secondary N) is 1. The molecule has 0 aliphatic rings. The van der Waals surface area contributed by atoms with Gasteiger partial charge in [-0.2, -0.15) is 13.2 Å². The number of aliphatic hydroxyl groups excluding tert-OH is 1. The Morgan fingerprint density at radius 2 is 1.87 bits per heavy atom. The molecule has 0 amide bonds. The Bertz CT molecular complexity index is 442. The minimum Gasteiger partial charge on any atom is -0.378 e. The fourth-order valence-corrected chi connectivity index (χ4v) is 1.42. The molecular weight excluding hydrogens is 207 g/mol. The Labute approximate surface area is 83.3 Å². The maximum atomic E-state index is 12.2. The first-order chi connectivity index (χ1) is 6.98. The predicted molar refractivity (Wildman–Crippen MR) is 49.3 cm³/mol. The van der Waals surface area contributed by atoms with Crippen molar-refractivity contribution >= 4 is 10.9 Å². The van der Waals surface area contributed by atoms with Crippen LogP contribution in [0.15, 0.2) is 30.3 Å². The van der Waals surface area contributed by atoms with E-state index in [-0.39, 0.29) is 5.69 Å². The third kappa shape index (κ3) is 1.83. The highest BCUT2D eigenvalue weighted by Crippen LogP contribution is 2.33. The number of aromatic amines is 1. The number of alkyl halides is 3. The lowest BCUT2D eigenvalue weighted by Gasteiger charge is -2.12. The van der Waals surface area contributed by atoms with Crippen LogP contribution in [0.2, 0.25) is 0 Å². The summed E-state index contributed by atoms with van der Waals surface area (Å²) in [5, 5.41) is 9.65. The fraction of sp³-hybridized carbons (Fsp3) is 0.200. The highest BCUT2D eigenvalue weighted by Gasteiger charge is 2.40. The van der Waals surface area contributed by atoms with Gasteiger partial charge in [-0.1, -0.05) is 18.2 Å². The molecule has 1 aromatic heterocycles. The van der Waals surface area contributed by atoms with Crippen molar-refractivity contribution in [3.63, 3.8) is 0 Å². The van der Waals surface area contributed by atoms with Gasteiger partial charge in [0.2, 0.25) is 0 Å². The average Bonchev–Trinajstić information content (AvgIpc) is 2.58. The van der Waals surface area contributed by atoms with Gasteiger partial charge in [0.05, 0.1) is 5.69 Å². The molecule has 0 aliphatic carbocycles. The number of aromatic nitrogens is 1. The molecule has 2 nitrogen and oxygen atoms in total. The van der Waals surface area contributed by atoms with Crippen molar-refractivity contribution in [2.45, 2.75) is 12.3 Å². The molecule has 0 radical (unpaired) electrons. The number of fused-ring (bicyclic) bond motifs is 1. The zero-order valence-corrected chi connectivity index (χ0v) is 7.55. The van der Waals surface area contributed by atoms with Crippen molar-refractivity contribution in [1.82, 2.24) is 4.98 Å². The van der Waals surface area contributed by atoms with E-state index in [9.17, 15) is 13.2 Å². The van der Waals surface area contributed by atoms with Crippen LogP contribution in [-0.4, -0.2) is 16.3 Å². The van der Waals surface area contributed by atoms with E-state index in [2.05, 4.69) is 4.98 Å². The summed E-state index contributed by atoms with van der Waals surface area (Å²) < 4.78 is 36.6. The highest BCUT2D eigenvalue weighted by atomic mass is 19.4. The molecular formula is C10H8F3NO. The maximum Gasteiger partial charge on any atom is 0.420 e. The number of hydrogen-bond acceptors (Lipinski definition) is 1. The first-order valence-electron chi connectivity index (χ1n) is 4.31. The summed E-state index contributed by atoms with van der Waals surface area (Å²) in [6.45, 7) is 0. The summed E-state index contributed by atoms with van der Waals surface area (Å²) in [5.74, 6) is 0. The molecule has 1 aromatic carbocycles. The lowest BCUT2D eigenvalue weighted by atomic mass is 10.2. The Balaban J connectivity index is 2.45. The van der Waals surface area contributed by atoms with Crippen LogP contribution in [0.4, 0.5) is 13.2 Å². The van der Waals surface area contributed by atoms with E-state index in [1.807, 2.05) is 0 Å². The number of hydrogen-bond donors (Lipinski definition) is 2. The zero-order valence-electron chi connectivity index (χ0n) is 7.55. The van der Waals surface area contributed by atoms with Gasteiger partial charge in [-0.3, -0.25) is 0 Å². The van der Waals surface area contributed by atoms with Crippen LogP contribution < -0.4 is 0 Å². The lowest BCUT2D eigenvalue weighted by Crippen LogP contribution is -2.20. The molecule has 5 heteroatoms. The zero-order chi connectivity index (χ0) is 11.1. The Hall–Kier alpha value is -1.49. The largest absolute Gasteiger partial charge is 0.420 e. The van der Waals surface area contributed by atoms with Gasteiger partial charge < -0.3 is 10.1 Å². The van der Waals surface area contributed by atoms with Gasteiger partial charge in [-0.05, 0) is 17.5 Å². The van der Waals surface area contributed by atoms with E-state index in [1.54, 1.807) is 24.3 Å². The third-order valence-electron chi connectivity index (χ3n) is 2.16. The normalized spacial score (nSPS) is 14.4. The minimum absolute atomic E-state index is 0.233. The molecule has 1 heterocycles. The number of halogens is 3. The van der Waals surface area contributed by atoms with E-state index in [4.69, 9.17) is 5.11 Å². The molecule has 15 heavy (non-hydrogen) atoms. The SMILES string of the molecule is O[C@@H](c1cc2ccccc2[nH]1)C(F)(F)F. The molecule has 0 aliphatic heterocycles. The van der Waals surface area contributed by atoms with E-state index < -0.39 is 12.3 Å². The number of H-pyrrole nitrogens is 1. The van der Waals surface area contributed by atoms with Crippen LogP contribution in [0.3, 0.4) is 0 Å². The third-order valence-corrected chi connectivity index (χ3v) is 2.16. The molecule has 0 fully saturated rings. The molecule has 2 N–H and O–H groups in total. The molecule has 0 saturated heterocycles. The van der Waals surface area contributed by atoms with Crippen LogP contribution in [0, 0.1) is 0 Å². The standard InChI is InChI=1S/C10H8F3NO/c11-10(12,13)9(15)8-5-6-3-1-2-4-7(6)14-8/h1-5,9,14-15H/t9-/m0/s1. The van der Waals surface area contributed by atoms with Gasteiger partial charge in [0, 0.05) is 5.52 Å². The van der Waals surface area contributed by atoms with Gasteiger partial charge in [-0.25, -0.2) is 0 Å². The van der Waals surface area contributed by atoms with Gasteiger partial charge in [0.1, 0.15) is 0 Å². The van der Waals surface area contributed by atoms with E-state index in [0.717, 1.165) is 0 Å². The summed E-state index contributed by atoms with van der Waals surface area (Å²) in [6.07, 6.45) is -7.09. The Kier molecular flexibility index (Phi) is 2.19. The molecule has 0 bridgehead atoms. The Morgan fingerprint density at radius 3 is 2.47 bits per heavy atom. The Morgan fingerprint density at radius 1 is 1.20 bits per heavy atom. The quantitative estimate of drug-likeness (QED) is 0.753. The van der Waals surface area contributed by atoms with E-state index in [1.165, 1.54) is 6.07 Å². The molecule has 1 atom stereocenters. The topological polar surface area (TPSA) is 36.0 Å². The summed E-state index contributed by atoms with van der Waals surface area (Å²) in [7, 11) is 0. The van der Waals surface area contributed by atoms with Crippen molar-refractivity contribution in [2.24, 2.45) is 0 Å². The van der Waals surface area contributed by atoms with Gasteiger partial charge in [0.15, 0.2) is 6.10 Å². The van der Waals surface area contributed by atoms with Gasteiger partial charge >= 0.3 is 6.18 Å². The van der Waals surface area contributed by atoms with Crippen molar-refractivity contribution < 1.29 is 18.3 Å². The molecule has 0 spiro atoms. The second-order valence-corrected chi connectivity index (χ2v) is 3.26. The van der Waals surface area contributed by atoms with Gasteiger partial charge in [-0.15, -0.1) is 0 Å². The molecule has 0 unspecified atom stereocenters. The van der Waals surface area contributed by atoms with Crippen molar-refractivity contribution in [3.8, 4) is 0 Å². The summed E-state index contributed by atoms with van der Waals surface area (Å²) >= 11 is 0. The highest BCUT2D eigenvalue weighted by molar-refractivity contribution is 5.80. The van der Waals surface area contributed by atoms with Crippen LogP contribution in [-0.2, 0) is 0 Å². The number of para-hydroxylation sites is 1.